The largest absolute Gasteiger partial charge is 0.425 e. The Hall–Kier alpha value is -1.10. The summed E-state index contributed by atoms with van der Waals surface area (Å²) in [6.45, 7) is 0.494. The van der Waals surface area contributed by atoms with Gasteiger partial charge in [-0.1, -0.05) is 29.3 Å². The molecular weight excluding hydrogens is 261 g/mol. The smallest absolute Gasteiger partial charge is 0.220 e. The van der Waals surface area contributed by atoms with Crippen molar-refractivity contribution in [2.75, 3.05) is 6.54 Å². The highest BCUT2D eigenvalue weighted by Gasteiger charge is 2.07. The zero-order chi connectivity index (χ0) is 12.3. The van der Waals surface area contributed by atoms with Gasteiger partial charge in [0.25, 0.3) is 0 Å². The van der Waals surface area contributed by atoms with E-state index in [1.165, 1.54) is 0 Å². The van der Waals surface area contributed by atoms with Crippen molar-refractivity contribution >= 4 is 23.2 Å². The molecule has 0 bridgehead atoms. The van der Waals surface area contributed by atoms with Gasteiger partial charge in [0.2, 0.25) is 11.8 Å². The third-order valence-electron chi connectivity index (χ3n) is 2.21. The molecule has 0 aliphatic carbocycles. The van der Waals surface area contributed by atoms with Crippen molar-refractivity contribution in [3.8, 4) is 0 Å². The second-order valence-electron chi connectivity index (χ2n) is 3.55. The van der Waals surface area contributed by atoms with Crippen LogP contribution in [0.1, 0.15) is 17.3 Å². The minimum absolute atomic E-state index is 0.494. The van der Waals surface area contributed by atoms with Crippen LogP contribution in [0.2, 0.25) is 10.0 Å². The summed E-state index contributed by atoms with van der Waals surface area (Å²) < 4.78 is 5.42. The fourth-order valence-electron chi connectivity index (χ4n) is 1.41. The Kier molecular flexibility index (Phi) is 3.99. The van der Waals surface area contributed by atoms with E-state index in [0.29, 0.717) is 41.2 Å². The van der Waals surface area contributed by atoms with Crippen LogP contribution in [0.15, 0.2) is 22.6 Å². The summed E-state index contributed by atoms with van der Waals surface area (Å²) in [4.78, 5) is 0. The molecule has 2 N–H and O–H groups in total. The molecule has 0 fully saturated rings. The highest BCUT2D eigenvalue weighted by atomic mass is 35.5. The Labute approximate surface area is 109 Å². The number of hydrogen-bond donors (Lipinski definition) is 1. The van der Waals surface area contributed by atoms with Crippen LogP contribution in [0.3, 0.4) is 0 Å². The molecule has 0 saturated heterocycles. The van der Waals surface area contributed by atoms with Crippen LogP contribution in [-0.4, -0.2) is 16.7 Å². The maximum Gasteiger partial charge on any atom is 0.220 e. The van der Waals surface area contributed by atoms with Gasteiger partial charge in [-0.05, 0) is 17.7 Å². The van der Waals surface area contributed by atoms with E-state index in [9.17, 15) is 0 Å². The van der Waals surface area contributed by atoms with Gasteiger partial charge >= 0.3 is 0 Å². The number of halogens is 2. The van der Waals surface area contributed by atoms with Gasteiger partial charge in [-0.15, -0.1) is 10.2 Å². The molecule has 0 saturated carbocycles. The highest BCUT2D eigenvalue weighted by Crippen LogP contribution is 2.23. The summed E-state index contributed by atoms with van der Waals surface area (Å²) >= 11 is 11.8. The molecule has 2 aromatic rings. The molecule has 90 valence electrons. The molecular formula is C11H11Cl2N3O. The summed E-state index contributed by atoms with van der Waals surface area (Å²) in [6, 6.07) is 5.41. The average molecular weight is 272 g/mol. The Bertz CT molecular complexity index is 513. The van der Waals surface area contributed by atoms with Gasteiger partial charge in [-0.3, -0.25) is 0 Å². The lowest BCUT2D eigenvalue weighted by Gasteiger charge is -1.99. The molecule has 0 radical (unpaired) electrons. The van der Waals surface area contributed by atoms with E-state index in [2.05, 4.69) is 10.2 Å². The summed E-state index contributed by atoms with van der Waals surface area (Å²) in [5.41, 5.74) is 6.37. The zero-order valence-corrected chi connectivity index (χ0v) is 10.5. The van der Waals surface area contributed by atoms with Gasteiger partial charge in [-0.2, -0.15) is 0 Å². The minimum atomic E-state index is 0.494. The predicted octanol–water partition coefficient (Wildman–Crippen LogP) is 2.47. The van der Waals surface area contributed by atoms with E-state index in [1.54, 1.807) is 12.1 Å². The molecule has 2 rings (SSSR count). The standard InChI is InChI=1S/C11H11Cl2N3O/c12-8-2-1-7(5-9(8)13)6-11-16-15-10(17-11)3-4-14/h1-2,5H,3-4,6,14H2. The third kappa shape index (κ3) is 3.19. The van der Waals surface area contributed by atoms with Crippen molar-refractivity contribution in [1.29, 1.82) is 0 Å². The first kappa shape index (κ1) is 12.4. The van der Waals surface area contributed by atoms with Crippen molar-refractivity contribution in [1.82, 2.24) is 10.2 Å². The monoisotopic (exact) mass is 271 g/mol. The number of nitrogens with two attached hydrogens (primary N) is 1. The first-order valence-corrected chi connectivity index (χ1v) is 5.90. The van der Waals surface area contributed by atoms with Gasteiger partial charge in [0.05, 0.1) is 16.5 Å². The van der Waals surface area contributed by atoms with Crippen molar-refractivity contribution in [3.63, 3.8) is 0 Å². The van der Waals surface area contributed by atoms with Crippen LogP contribution < -0.4 is 5.73 Å². The molecule has 0 atom stereocenters. The van der Waals surface area contributed by atoms with Crippen LogP contribution in [0.5, 0.6) is 0 Å². The molecule has 0 aliphatic rings. The van der Waals surface area contributed by atoms with Crippen LogP contribution in [-0.2, 0) is 12.8 Å². The van der Waals surface area contributed by atoms with Crippen molar-refractivity contribution in [3.05, 3.63) is 45.6 Å². The minimum Gasteiger partial charge on any atom is -0.425 e. The quantitative estimate of drug-likeness (QED) is 0.928. The number of rotatable bonds is 4. The van der Waals surface area contributed by atoms with Gasteiger partial charge < -0.3 is 10.2 Å². The second kappa shape index (κ2) is 5.49. The van der Waals surface area contributed by atoms with Crippen LogP contribution in [0, 0.1) is 0 Å². The first-order chi connectivity index (χ1) is 8.19. The van der Waals surface area contributed by atoms with Gasteiger partial charge in [0, 0.05) is 13.0 Å². The Morgan fingerprint density at radius 1 is 1.12 bits per heavy atom. The fourth-order valence-corrected chi connectivity index (χ4v) is 1.73. The van der Waals surface area contributed by atoms with Gasteiger partial charge in [0.15, 0.2) is 0 Å². The van der Waals surface area contributed by atoms with E-state index >= 15 is 0 Å². The Balaban J connectivity index is 2.11. The lowest BCUT2D eigenvalue weighted by molar-refractivity contribution is 0.458. The summed E-state index contributed by atoms with van der Waals surface area (Å²) in [5, 5.41) is 8.87. The van der Waals surface area contributed by atoms with E-state index in [4.69, 9.17) is 33.4 Å². The number of nitrogens with zero attached hydrogens (tertiary/aromatic N) is 2. The molecule has 0 unspecified atom stereocenters. The second-order valence-corrected chi connectivity index (χ2v) is 4.37. The lowest BCUT2D eigenvalue weighted by Crippen LogP contribution is -2.02. The maximum atomic E-state index is 5.92. The molecule has 0 spiro atoms. The zero-order valence-electron chi connectivity index (χ0n) is 8.99. The lowest BCUT2D eigenvalue weighted by atomic mass is 10.1. The van der Waals surface area contributed by atoms with Crippen molar-refractivity contribution in [2.45, 2.75) is 12.8 Å². The SMILES string of the molecule is NCCc1nnc(Cc2ccc(Cl)c(Cl)c2)o1. The Morgan fingerprint density at radius 3 is 2.59 bits per heavy atom. The molecule has 0 aliphatic heterocycles. The van der Waals surface area contributed by atoms with E-state index in [1.807, 2.05) is 6.07 Å². The molecule has 1 heterocycles. The average Bonchev–Trinajstić information content (AvgIpc) is 2.72. The van der Waals surface area contributed by atoms with Crippen molar-refractivity contribution < 1.29 is 4.42 Å². The molecule has 1 aromatic heterocycles. The van der Waals surface area contributed by atoms with E-state index in [0.717, 1.165) is 5.56 Å². The first-order valence-electron chi connectivity index (χ1n) is 5.14. The molecule has 1 aromatic carbocycles. The predicted molar refractivity (Wildman–Crippen MR) is 66.3 cm³/mol. The summed E-state index contributed by atoms with van der Waals surface area (Å²) in [5.74, 6) is 1.11. The number of hydrogen-bond acceptors (Lipinski definition) is 4. The third-order valence-corrected chi connectivity index (χ3v) is 2.95. The van der Waals surface area contributed by atoms with Gasteiger partial charge in [-0.25, -0.2) is 0 Å². The normalized spacial score (nSPS) is 10.8. The van der Waals surface area contributed by atoms with E-state index in [-0.39, 0.29) is 0 Å². The van der Waals surface area contributed by atoms with Crippen LogP contribution >= 0.6 is 23.2 Å². The van der Waals surface area contributed by atoms with Crippen LogP contribution in [0.4, 0.5) is 0 Å². The van der Waals surface area contributed by atoms with E-state index < -0.39 is 0 Å². The van der Waals surface area contributed by atoms with Crippen LogP contribution in [0.25, 0.3) is 0 Å². The fraction of sp³-hybridized carbons (Fsp3) is 0.273. The summed E-state index contributed by atoms with van der Waals surface area (Å²) in [7, 11) is 0. The highest BCUT2D eigenvalue weighted by molar-refractivity contribution is 6.42. The Morgan fingerprint density at radius 2 is 1.88 bits per heavy atom. The summed E-state index contributed by atoms with van der Waals surface area (Å²) in [6.07, 6.45) is 1.13. The molecule has 17 heavy (non-hydrogen) atoms. The number of benzene rings is 1. The maximum absolute atomic E-state index is 5.92. The molecule has 0 amide bonds. The molecule has 6 heteroatoms. The molecule has 4 nitrogen and oxygen atoms in total. The number of aromatic nitrogens is 2. The van der Waals surface area contributed by atoms with Crippen molar-refractivity contribution in [2.24, 2.45) is 5.73 Å². The topological polar surface area (TPSA) is 64.9 Å². The van der Waals surface area contributed by atoms with Gasteiger partial charge in [0.1, 0.15) is 0 Å².